The van der Waals surface area contributed by atoms with E-state index in [1.54, 1.807) is 36.2 Å². The number of fused-ring (bicyclic) bond motifs is 1. The number of alkyl halides is 1. The van der Waals surface area contributed by atoms with Crippen LogP contribution >= 0.6 is 27.5 Å². The molecule has 10 nitrogen and oxygen atoms in total. The molecule has 3 amide bonds. The number of carbonyl (C=O) groups excluding carboxylic acids is 4. The summed E-state index contributed by atoms with van der Waals surface area (Å²) in [5, 5.41) is 9.95. The van der Waals surface area contributed by atoms with Crippen molar-refractivity contribution in [3.63, 3.8) is 0 Å². The predicted molar refractivity (Wildman–Crippen MR) is 199 cm³/mol. The summed E-state index contributed by atoms with van der Waals surface area (Å²) in [4.78, 5) is 61.4. The number of aryl methyl sites for hydroxylation is 1. The van der Waals surface area contributed by atoms with Crippen molar-refractivity contribution in [1.82, 2.24) is 9.80 Å². The number of esters is 1. The van der Waals surface area contributed by atoms with Crippen LogP contribution < -0.4 is 4.90 Å². The highest BCUT2D eigenvalue weighted by Crippen LogP contribution is 2.60. The number of aliphatic hydroxyl groups is 1. The standard InChI is InChI=1S/C39H47BrClN3O7/c1-6-8-19-29(46)42(5)25(4)33(26-16-10-9-11-17-26)50-38(49)30-31-36(47)44(21-12-13-22-45)35(39(31)23-27(40)34(30)51-39)37(48)43(20-7-2)32-24(3)15-14-18-28(32)41/h6-7,9-11,14-18,25,27,30-31,33-35,45H,1-2,8,12-13,19-23H2,3-5H3/t25-,27?,30+,31-,33+,34+,35+,39-/m1/s1. The van der Waals surface area contributed by atoms with E-state index in [0.717, 1.165) is 5.56 Å². The number of nitrogens with zero attached hydrogens (tertiary/aromatic N) is 3. The highest BCUT2D eigenvalue weighted by molar-refractivity contribution is 9.09. The molecule has 274 valence electrons. The molecule has 0 aromatic heterocycles. The van der Waals surface area contributed by atoms with Crippen LogP contribution in [0.4, 0.5) is 5.69 Å². The predicted octanol–water partition coefficient (Wildman–Crippen LogP) is 5.79. The molecule has 8 atom stereocenters. The van der Waals surface area contributed by atoms with Gasteiger partial charge in [-0.2, -0.15) is 0 Å². The van der Waals surface area contributed by atoms with Crippen molar-refractivity contribution >= 4 is 56.9 Å². The van der Waals surface area contributed by atoms with Crippen LogP contribution in [-0.4, -0.2) is 94.0 Å². The van der Waals surface area contributed by atoms with Crippen LogP contribution in [0.3, 0.4) is 0 Å². The summed E-state index contributed by atoms with van der Waals surface area (Å²) >= 11 is 10.4. The summed E-state index contributed by atoms with van der Waals surface area (Å²) in [6, 6.07) is 13.0. The number of hydrogen-bond donors (Lipinski definition) is 1. The van der Waals surface area contributed by atoms with E-state index >= 15 is 0 Å². The van der Waals surface area contributed by atoms with Crippen LogP contribution in [0.1, 0.15) is 56.3 Å². The molecule has 51 heavy (non-hydrogen) atoms. The summed E-state index contributed by atoms with van der Waals surface area (Å²) in [5.41, 5.74) is 0.642. The minimum Gasteiger partial charge on any atom is -0.455 e. The molecule has 12 heteroatoms. The zero-order valence-electron chi connectivity index (χ0n) is 29.4. The summed E-state index contributed by atoms with van der Waals surface area (Å²) in [6.45, 7) is 11.5. The van der Waals surface area contributed by atoms with Crippen molar-refractivity contribution in [2.45, 2.75) is 80.7 Å². The largest absolute Gasteiger partial charge is 0.455 e. The van der Waals surface area contributed by atoms with E-state index < -0.39 is 53.6 Å². The first-order chi connectivity index (χ1) is 24.4. The molecule has 3 aliphatic heterocycles. The van der Waals surface area contributed by atoms with Gasteiger partial charge in [0.15, 0.2) is 0 Å². The number of amides is 3. The van der Waals surface area contributed by atoms with Crippen molar-refractivity contribution in [2.24, 2.45) is 11.8 Å². The quantitative estimate of drug-likeness (QED) is 0.0993. The van der Waals surface area contributed by atoms with Gasteiger partial charge in [0.05, 0.1) is 34.7 Å². The number of ether oxygens (including phenoxy) is 2. The van der Waals surface area contributed by atoms with Crippen LogP contribution in [0.5, 0.6) is 0 Å². The topological polar surface area (TPSA) is 117 Å². The third-order valence-corrected chi connectivity index (χ3v) is 11.7. The van der Waals surface area contributed by atoms with Crippen molar-refractivity contribution in [2.75, 3.05) is 31.6 Å². The molecule has 2 aromatic carbocycles. The average Bonchev–Trinajstić information content (AvgIpc) is 3.71. The number of anilines is 1. The van der Waals surface area contributed by atoms with Gasteiger partial charge in [-0.3, -0.25) is 19.2 Å². The van der Waals surface area contributed by atoms with Crippen molar-refractivity contribution in [1.29, 1.82) is 0 Å². The first-order valence-electron chi connectivity index (χ1n) is 17.5. The third-order valence-electron chi connectivity index (χ3n) is 10.5. The van der Waals surface area contributed by atoms with Crippen molar-refractivity contribution in [3.8, 4) is 0 Å². The van der Waals surface area contributed by atoms with Gasteiger partial charge in [-0.05, 0) is 56.7 Å². The number of halogens is 2. The van der Waals surface area contributed by atoms with E-state index in [2.05, 4.69) is 29.1 Å². The van der Waals surface area contributed by atoms with Gasteiger partial charge in [0.2, 0.25) is 11.8 Å². The van der Waals surface area contributed by atoms with E-state index in [1.807, 2.05) is 50.2 Å². The minimum absolute atomic E-state index is 0.0722. The molecule has 0 saturated carbocycles. The number of rotatable bonds is 16. The Morgan fingerprint density at radius 1 is 1.16 bits per heavy atom. The van der Waals surface area contributed by atoms with Gasteiger partial charge in [0.1, 0.15) is 17.7 Å². The number of likely N-dealkylation sites (N-methyl/N-ethyl adjacent to an activating group) is 1. The molecular formula is C39H47BrClN3O7. The number of allylic oxidation sites excluding steroid dienone is 1. The fourth-order valence-corrected chi connectivity index (χ4v) is 9.24. The van der Waals surface area contributed by atoms with Crippen molar-refractivity contribution < 1.29 is 33.8 Å². The number of carbonyl (C=O) groups is 4. The molecule has 1 unspecified atom stereocenters. The lowest BCUT2D eigenvalue weighted by Gasteiger charge is -2.37. The lowest BCUT2D eigenvalue weighted by Crippen LogP contribution is -2.57. The fraction of sp³-hybridized carbons (Fsp3) is 0.487. The van der Waals surface area contributed by atoms with Crippen LogP contribution in [-0.2, 0) is 28.7 Å². The molecule has 3 aliphatic rings. The third kappa shape index (κ3) is 7.27. The molecule has 0 aliphatic carbocycles. The molecule has 1 N–H and O–H groups in total. The van der Waals surface area contributed by atoms with Gasteiger partial charge in [-0.1, -0.05) is 82.1 Å². The Morgan fingerprint density at radius 2 is 1.88 bits per heavy atom. The highest BCUT2D eigenvalue weighted by atomic mass is 79.9. The Kier molecular flexibility index (Phi) is 12.5. The van der Waals surface area contributed by atoms with E-state index in [4.69, 9.17) is 21.1 Å². The fourth-order valence-electron chi connectivity index (χ4n) is 7.97. The SMILES string of the molecule is C=CCCC(=O)N(C)[C@H](C)[C@H](OC(=O)[C@@H]1[C@H]2O[C@@]3(CC2Br)[C@H](C(=O)N(CC=C)c2c(C)cccc2Cl)N(CCCCO)C(=O)[C@@H]13)c1ccccc1. The number of benzene rings is 2. The number of aliphatic hydroxyl groups excluding tert-OH is 1. The molecule has 3 fully saturated rings. The number of unbranched alkanes of at least 4 members (excludes halogenated alkanes) is 1. The molecule has 3 heterocycles. The van der Waals surface area contributed by atoms with Gasteiger partial charge < -0.3 is 29.3 Å². The van der Waals surface area contributed by atoms with Gasteiger partial charge >= 0.3 is 5.97 Å². The summed E-state index contributed by atoms with van der Waals surface area (Å²) in [5.74, 6) is -3.54. The van der Waals surface area contributed by atoms with E-state index in [1.165, 1.54) is 9.80 Å². The Hall–Kier alpha value is -3.51. The van der Waals surface area contributed by atoms with E-state index in [-0.39, 0.29) is 42.8 Å². The monoisotopic (exact) mass is 783 g/mol. The minimum atomic E-state index is -1.34. The molecule has 0 radical (unpaired) electrons. The Morgan fingerprint density at radius 3 is 2.53 bits per heavy atom. The van der Waals surface area contributed by atoms with Crippen LogP contribution in [0.15, 0.2) is 73.8 Å². The lowest BCUT2D eigenvalue weighted by molar-refractivity contribution is -0.164. The molecular weight excluding hydrogens is 738 g/mol. The maximum atomic E-state index is 14.9. The molecule has 2 bridgehead atoms. The summed E-state index contributed by atoms with van der Waals surface area (Å²) in [6.07, 6.45) is 3.66. The highest BCUT2D eigenvalue weighted by Gasteiger charge is 2.77. The molecule has 3 saturated heterocycles. The van der Waals surface area contributed by atoms with Crippen LogP contribution in [0, 0.1) is 18.8 Å². The van der Waals surface area contributed by atoms with E-state index in [0.29, 0.717) is 42.0 Å². The average molecular weight is 785 g/mol. The second-order valence-corrected chi connectivity index (χ2v) is 15.2. The van der Waals surface area contributed by atoms with Crippen LogP contribution in [0.25, 0.3) is 0 Å². The molecule has 1 spiro atoms. The lowest BCUT2D eigenvalue weighted by atomic mass is 9.70. The van der Waals surface area contributed by atoms with Crippen LogP contribution in [0.2, 0.25) is 5.02 Å². The van der Waals surface area contributed by atoms with E-state index in [9.17, 15) is 24.3 Å². The zero-order valence-corrected chi connectivity index (χ0v) is 31.7. The van der Waals surface area contributed by atoms with Gasteiger partial charge in [-0.25, -0.2) is 0 Å². The Bertz CT molecular complexity index is 1620. The Labute approximate surface area is 313 Å². The van der Waals surface area contributed by atoms with Gasteiger partial charge in [-0.15, -0.1) is 13.2 Å². The van der Waals surface area contributed by atoms with Crippen molar-refractivity contribution in [3.05, 3.63) is 90.0 Å². The summed E-state index contributed by atoms with van der Waals surface area (Å²) < 4.78 is 13.1. The number of hydrogen-bond acceptors (Lipinski definition) is 7. The first-order valence-corrected chi connectivity index (χ1v) is 18.7. The van der Waals surface area contributed by atoms with Gasteiger partial charge in [0.25, 0.3) is 5.91 Å². The normalized spacial score (nSPS) is 26.0. The molecule has 2 aromatic rings. The second-order valence-electron chi connectivity index (χ2n) is 13.6. The summed E-state index contributed by atoms with van der Waals surface area (Å²) in [7, 11) is 1.68. The molecule has 5 rings (SSSR count). The zero-order chi connectivity index (χ0) is 37.0. The number of para-hydroxylation sites is 1. The van der Waals surface area contributed by atoms with Gasteiger partial charge in [0, 0.05) is 38.0 Å². The first kappa shape index (κ1) is 38.7. The maximum Gasteiger partial charge on any atom is 0.313 e. The Balaban J connectivity index is 1.53. The smallest absolute Gasteiger partial charge is 0.313 e. The second kappa shape index (κ2) is 16.4. The maximum absolute atomic E-state index is 14.9. The number of likely N-dealkylation sites (tertiary alicyclic amines) is 1.